The van der Waals surface area contributed by atoms with Gasteiger partial charge in [0.05, 0.1) is 23.3 Å². The zero-order valence-corrected chi connectivity index (χ0v) is 18.3. The van der Waals surface area contributed by atoms with Crippen LogP contribution in [-0.2, 0) is 28.9 Å². The first-order valence-corrected chi connectivity index (χ1v) is 11.8. The monoisotopic (exact) mass is 421 g/mol. The number of nitrogens with one attached hydrogen (secondary N) is 1. The Balaban J connectivity index is 1.72. The van der Waals surface area contributed by atoms with Gasteiger partial charge in [-0.15, -0.1) is 11.3 Å². The highest BCUT2D eigenvalue weighted by Gasteiger charge is 2.27. The molecule has 4 rings (SSSR count). The van der Waals surface area contributed by atoms with Gasteiger partial charge in [0, 0.05) is 17.5 Å². The number of carbonyl (C=O) groups excluding carboxylic acids is 1. The van der Waals surface area contributed by atoms with Gasteiger partial charge >= 0.3 is 0 Å². The molecule has 2 aliphatic rings. The summed E-state index contributed by atoms with van der Waals surface area (Å²) in [6, 6.07) is 0.0836. The summed E-state index contributed by atoms with van der Waals surface area (Å²) in [4.78, 5) is 32.8. The summed E-state index contributed by atoms with van der Waals surface area (Å²) in [7, 11) is 0. The Hall–Kier alpha value is -1.38. The predicted molar refractivity (Wildman–Crippen MR) is 113 cm³/mol. The van der Waals surface area contributed by atoms with E-state index in [0.717, 1.165) is 48.9 Å². The van der Waals surface area contributed by atoms with E-state index in [-0.39, 0.29) is 28.9 Å². The fourth-order valence-corrected chi connectivity index (χ4v) is 6.14. The largest absolute Gasteiger partial charge is 0.376 e. The lowest BCUT2D eigenvalue weighted by atomic mass is 10.2. The summed E-state index contributed by atoms with van der Waals surface area (Å²) in [5, 5.41) is 4.03. The van der Waals surface area contributed by atoms with E-state index < -0.39 is 0 Å². The normalized spacial score (nSPS) is 20.1. The number of thiophene rings is 1. The molecule has 2 aromatic heterocycles. The number of hydrogen-bond acceptors (Lipinski definition) is 6. The maximum Gasteiger partial charge on any atom is 0.263 e. The molecule has 0 aromatic carbocycles. The maximum absolute atomic E-state index is 13.4. The number of nitrogens with zero attached hydrogens (tertiary/aromatic N) is 2. The first-order chi connectivity index (χ1) is 13.4. The minimum absolute atomic E-state index is 0.0267. The number of amides is 1. The van der Waals surface area contributed by atoms with Gasteiger partial charge in [-0.2, -0.15) is 0 Å². The molecule has 1 amide bonds. The summed E-state index contributed by atoms with van der Waals surface area (Å²) in [5.41, 5.74) is 1.22. The first-order valence-electron chi connectivity index (χ1n) is 10.1. The van der Waals surface area contributed by atoms with Gasteiger partial charge in [0.25, 0.3) is 5.56 Å². The summed E-state index contributed by atoms with van der Waals surface area (Å²) in [6.45, 7) is 7.01. The summed E-state index contributed by atoms with van der Waals surface area (Å²) in [5.74, 6) is -0.0355. The van der Waals surface area contributed by atoms with Gasteiger partial charge in [-0.3, -0.25) is 14.2 Å². The minimum Gasteiger partial charge on any atom is -0.376 e. The van der Waals surface area contributed by atoms with Crippen molar-refractivity contribution in [2.75, 3.05) is 6.61 Å². The highest BCUT2D eigenvalue weighted by atomic mass is 32.2. The van der Waals surface area contributed by atoms with E-state index in [0.29, 0.717) is 11.7 Å². The number of ether oxygens (including phenoxy) is 1. The van der Waals surface area contributed by atoms with Gasteiger partial charge in [-0.1, -0.05) is 11.8 Å². The fourth-order valence-electron chi connectivity index (χ4n) is 3.91. The van der Waals surface area contributed by atoms with Crippen molar-refractivity contribution in [1.29, 1.82) is 0 Å². The molecule has 8 heteroatoms. The van der Waals surface area contributed by atoms with Crippen molar-refractivity contribution in [2.45, 2.75) is 82.0 Å². The third kappa shape index (κ3) is 3.86. The van der Waals surface area contributed by atoms with Gasteiger partial charge in [-0.05, 0) is 58.4 Å². The van der Waals surface area contributed by atoms with Crippen molar-refractivity contribution in [3.63, 3.8) is 0 Å². The highest BCUT2D eigenvalue weighted by Crippen LogP contribution is 2.36. The number of thioether (sulfide) groups is 1. The van der Waals surface area contributed by atoms with Crippen LogP contribution >= 0.6 is 23.1 Å². The average molecular weight is 422 g/mol. The Bertz CT molecular complexity index is 944. The van der Waals surface area contributed by atoms with Crippen LogP contribution in [0, 0.1) is 0 Å². The second-order valence-corrected chi connectivity index (χ2v) is 10.3. The zero-order valence-electron chi connectivity index (χ0n) is 16.6. The second-order valence-electron chi connectivity index (χ2n) is 7.91. The Morgan fingerprint density at radius 2 is 2.18 bits per heavy atom. The molecule has 0 saturated carbocycles. The number of aryl methyl sites for hydroxylation is 2. The smallest absolute Gasteiger partial charge is 0.263 e. The number of rotatable bonds is 6. The highest BCUT2D eigenvalue weighted by molar-refractivity contribution is 8.00. The Kier molecular flexibility index (Phi) is 5.81. The third-order valence-corrected chi connectivity index (χ3v) is 7.56. The van der Waals surface area contributed by atoms with Gasteiger partial charge in [0.15, 0.2) is 5.16 Å². The van der Waals surface area contributed by atoms with Gasteiger partial charge in [-0.25, -0.2) is 4.98 Å². The van der Waals surface area contributed by atoms with Crippen molar-refractivity contribution in [2.24, 2.45) is 0 Å². The van der Waals surface area contributed by atoms with Gasteiger partial charge < -0.3 is 10.1 Å². The minimum atomic E-state index is -0.325. The molecular weight excluding hydrogens is 394 g/mol. The zero-order chi connectivity index (χ0) is 19.8. The number of fused-ring (bicyclic) bond motifs is 3. The molecule has 0 spiro atoms. The summed E-state index contributed by atoms with van der Waals surface area (Å²) in [6.07, 6.45) is 5.15. The van der Waals surface area contributed by atoms with E-state index in [1.165, 1.54) is 22.2 Å². The van der Waals surface area contributed by atoms with E-state index in [4.69, 9.17) is 9.72 Å². The predicted octanol–water partition coefficient (Wildman–Crippen LogP) is 3.13. The van der Waals surface area contributed by atoms with Crippen LogP contribution in [0.5, 0.6) is 0 Å². The lowest BCUT2D eigenvalue weighted by Gasteiger charge is -2.18. The summed E-state index contributed by atoms with van der Waals surface area (Å²) >= 11 is 3.01. The first kappa shape index (κ1) is 19.9. The van der Waals surface area contributed by atoms with Crippen LogP contribution in [0.1, 0.15) is 50.5 Å². The molecule has 2 atom stereocenters. The lowest BCUT2D eigenvalue weighted by Crippen LogP contribution is -2.36. The van der Waals surface area contributed by atoms with Crippen LogP contribution in [0.25, 0.3) is 10.2 Å². The Morgan fingerprint density at radius 1 is 1.36 bits per heavy atom. The second kappa shape index (κ2) is 8.16. The van der Waals surface area contributed by atoms with Crippen LogP contribution in [0.2, 0.25) is 0 Å². The molecule has 28 heavy (non-hydrogen) atoms. The molecule has 1 N–H and O–H groups in total. The van der Waals surface area contributed by atoms with Gasteiger partial charge in [0.1, 0.15) is 4.83 Å². The molecule has 0 bridgehead atoms. The van der Waals surface area contributed by atoms with Crippen LogP contribution in [0.4, 0.5) is 0 Å². The van der Waals surface area contributed by atoms with Crippen molar-refractivity contribution in [3.8, 4) is 0 Å². The summed E-state index contributed by atoms with van der Waals surface area (Å²) < 4.78 is 7.54. The standard InChI is InChI=1S/C20H27N3O3S2/c1-11(2)21-17(24)12(3)27-20-22-18-16(14-7-4-8-15(14)28-18)19(25)23(20)10-13-6-5-9-26-13/h11-13H,4-10H2,1-3H3,(H,21,24)/t12-,13+/m1/s1. The van der Waals surface area contributed by atoms with E-state index in [1.807, 2.05) is 20.8 Å². The van der Waals surface area contributed by atoms with E-state index in [2.05, 4.69) is 5.32 Å². The molecule has 1 saturated heterocycles. The van der Waals surface area contributed by atoms with Crippen LogP contribution in [-0.4, -0.2) is 39.5 Å². The fraction of sp³-hybridized carbons (Fsp3) is 0.650. The number of carbonyl (C=O) groups is 1. The topological polar surface area (TPSA) is 73.2 Å². The molecule has 152 valence electrons. The molecule has 6 nitrogen and oxygen atoms in total. The molecule has 0 radical (unpaired) electrons. The van der Waals surface area contributed by atoms with Gasteiger partial charge in [0.2, 0.25) is 5.91 Å². The van der Waals surface area contributed by atoms with Crippen molar-refractivity contribution in [1.82, 2.24) is 14.9 Å². The molecule has 1 aliphatic carbocycles. The van der Waals surface area contributed by atoms with E-state index >= 15 is 0 Å². The average Bonchev–Trinajstić information content (AvgIpc) is 3.34. The van der Waals surface area contributed by atoms with Crippen LogP contribution < -0.4 is 10.9 Å². The van der Waals surface area contributed by atoms with Crippen molar-refractivity contribution >= 4 is 39.2 Å². The third-order valence-electron chi connectivity index (χ3n) is 5.28. The Morgan fingerprint density at radius 3 is 2.89 bits per heavy atom. The van der Waals surface area contributed by atoms with Crippen LogP contribution in [0.3, 0.4) is 0 Å². The van der Waals surface area contributed by atoms with E-state index in [1.54, 1.807) is 15.9 Å². The van der Waals surface area contributed by atoms with Crippen molar-refractivity contribution in [3.05, 3.63) is 20.8 Å². The lowest BCUT2D eigenvalue weighted by molar-refractivity contribution is -0.120. The molecule has 1 aliphatic heterocycles. The molecule has 3 heterocycles. The Labute approximate surface area is 173 Å². The van der Waals surface area contributed by atoms with E-state index in [9.17, 15) is 9.59 Å². The number of hydrogen-bond donors (Lipinski definition) is 1. The quantitative estimate of drug-likeness (QED) is 0.573. The molecule has 2 aromatic rings. The van der Waals surface area contributed by atoms with Crippen molar-refractivity contribution < 1.29 is 9.53 Å². The SMILES string of the molecule is CC(C)NC(=O)[C@@H](C)Sc1nc2sc3c(c2c(=O)n1C[C@@H]1CCCO1)CCC3. The molecule has 0 unspecified atom stereocenters. The number of aromatic nitrogens is 2. The molecular formula is C20H27N3O3S2. The van der Waals surface area contributed by atoms with Crippen LogP contribution in [0.15, 0.2) is 9.95 Å². The molecule has 1 fully saturated rings. The maximum atomic E-state index is 13.4.